The second-order valence-electron chi connectivity index (χ2n) is 6.88. The molecule has 0 spiro atoms. The number of carbonyl (C=O) groups excluding carboxylic acids is 1. The quantitative estimate of drug-likeness (QED) is 0.452. The molecule has 29 heavy (non-hydrogen) atoms. The van der Waals surface area contributed by atoms with Crippen molar-refractivity contribution in [1.29, 1.82) is 0 Å². The maximum Gasteiger partial charge on any atom is 0.394 e. The van der Waals surface area contributed by atoms with Crippen LogP contribution in [0.3, 0.4) is 0 Å². The second kappa shape index (κ2) is 7.84. The third-order valence-corrected chi connectivity index (χ3v) is 7.97. The molecule has 0 aliphatic rings. The first-order valence-corrected chi connectivity index (χ1v) is 10.8. The highest BCUT2D eigenvalue weighted by Crippen LogP contribution is 2.40. The summed E-state index contributed by atoms with van der Waals surface area (Å²) in [6, 6.07) is 2.60. The number of thiophene rings is 1. The molecule has 12 heteroatoms. The molecule has 1 aromatic heterocycles. The summed E-state index contributed by atoms with van der Waals surface area (Å²) in [7, 11) is -4.34. The van der Waals surface area contributed by atoms with Gasteiger partial charge in [-0.1, -0.05) is 25.4 Å². The van der Waals surface area contributed by atoms with E-state index in [1.807, 2.05) is 0 Å². The standard InChI is InChI=1S/C17H15ClF5NO3S2/c1-8-10(15(25)24-9-4-11(18)14(20)12(19)5-9)6-13(28-8)29(26,27)7-16(2,3)17(21,22)23/h4-6H,7H2,1-3H3,(H,24,25). The van der Waals surface area contributed by atoms with Gasteiger partial charge in [0.25, 0.3) is 5.91 Å². The minimum Gasteiger partial charge on any atom is -0.322 e. The molecule has 1 amide bonds. The van der Waals surface area contributed by atoms with Gasteiger partial charge in [-0.05, 0) is 19.1 Å². The Labute approximate surface area is 172 Å². The molecule has 2 rings (SSSR count). The zero-order chi connectivity index (χ0) is 22.4. The van der Waals surface area contributed by atoms with Crippen molar-refractivity contribution in [3.05, 3.63) is 45.3 Å². The summed E-state index contributed by atoms with van der Waals surface area (Å²) >= 11 is 6.15. The van der Waals surface area contributed by atoms with Crippen molar-refractivity contribution in [2.45, 2.75) is 31.2 Å². The van der Waals surface area contributed by atoms with Gasteiger partial charge in [-0.25, -0.2) is 17.2 Å². The number of amides is 1. The molecule has 0 fully saturated rings. The van der Waals surface area contributed by atoms with E-state index in [1.54, 1.807) is 0 Å². The van der Waals surface area contributed by atoms with Gasteiger partial charge in [-0.2, -0.15) is 13.2 Å². The van der Waals surface area contributed by atoms with E-state index < -0.39 is 54.0 Å². The van der Waals surface area contributed by atoms with Crippen LogP contribution in [0.2, 0.25) is 5.02 Å². The first kappa shape index (κ1) is 23.6. The molecule has 1 N–H and O–H groups in total. The monoisotopic (exact) mass is 475 g/mol. The van der Waals surface area contributed by atoms with Crippen LogP contribution in [0.15, 0.2) is 22.4 Å². The smallest absolute Gasteiger partial charge is 0.322 e. The SMILES string of the molecule is Cc1sc(S(=O)(=O)CC(C)(C)C(F)(F)F)cc1C(=O)Nc1cc(F)c(F)c(Cl)c1. The van der Waals surface area contributed by atoms with Crippen molar-refractivity contribution in [3.63, 3.8) is 0 Å². The average Bonchev–Trinajstić information content (AvgIpc) is 2.93. The molecule has 0 aliphatic carbocycles. The fraction of sp³-hybridized carbons (Fsp3) is 0.353. The van der Waals surface area contributed by atoms with Gasteiger partial charge in [0.05, 0.1) is 21.8 Å². The Bertz CT molecular complexity index is 1040. The molecule has 0 aliphatic heterocycles. The molecule has 2 aromatic rings. The molecule has 0 saturated carbocycles. The Balaban J connectivity index is 2.31. The van der Waals surface area contributed by atoms with Crippen LogP contribution in [0.5, 0.6) is 0 Å². The summed E-state index contributed by atoms with van der Waals surface area (Å²) in [5, 5.41) is 1.68. The zero-order valence-electron chi connectivity index (χ0n) is 15.2. The topological polar surface area (TPSA) is 63.2 Å². The average molecular weight is 476 g/mol. The molecule has 1 aromatic carbocycles. The Morgan fingerprint density at radius 1 is 1.17 bits per heavy atom. The van der Waals surface area contributed by atoms with Crippen molar-refractivity contribution in [2.24, 2.45) is 5.41 Å². The summed E-state index contributed by atoms with van der Waals surface area (Å²) in [4.78, 5) is 12.6. The van der Waals surface area contributed by atoms with Crippen molar-refractivity contribution in [1.82, 2.24) is 0 Å². The highest BCUT2D eigenvalue weighted by atomic mass is 35.5. The number of alkyl halides is 3. The van der Waals surface area contributed by atoms with Crippen LogP contribution < -0.4 is 5.32 Å². The highest BCUT2D eigenvalue weighted by molar-refractivity contribution is 7.93. The third-order valence-electron chi connectivity index (χ3n) is 4.01. The molecule has 4 nitrogen and oxygen atoms in total. The van der Waals surface area contributed by atoms with Crippen LogP contribution in [-0.2, 0) is 9.84 Å². The number of sulfone groups is 1. The molecule has 0 radical (unpaired) electrons. The Morgan fingerprint density at radius 3 is 2.28 bits per heavy atom. The van der Waals surface area contributed by atoms with E-state index in [9.17, 15) is 35.2 Å². The Morgan fingerprint density at radius 2 is 1.76 bits per heavy atom. The van der Waals surface area contributed by atoms with Crippen LogP contribution in [0, 0.1) is 24.0 Å². The first-order chi connectivity index (χ1) is 13.0. The normalized spacial score (nSPS) is 12.9. The van der Waals surface area contributed by atoms with Gasteiger partial charge in [0.2, 0.25) is 0 Å². The lowest BCUT2D eigenvalue weighted by Crippen LogP contribution is -2.38. The van der Waals surface area contributed by atoms with Crippen molar-refractivity contribution >= 4 is 44.4 Å². The van der Waals surface area contributed by atoms with Crippen molar-refractivity contribution in [3.8, 4) is 0 Å². The predicted octanol–water partition coefficient (Wildman–Crippen LogP) is 5.60. The van der Waals surface area contributed by atoms with E-state index in [2.05, 4.69) is 5.32 Å². The minimum atomic E-state index is -4.74. The van der Waals surface area contributed by atoms with E-state index in [0.29, 0.717) is 17.4 Å². The van der Waals surface area contributed by atoms with Crippen LogP contribution in [0.1, 0.15) is 29.1 Å². The van der Waals surface area contributed by atoms with E-state index in [-0.39, 0.29) is 16.1 Å². The largest absolute Gasteiger partial charge is 0.394 e. The third kappa shape index (κ3) is 5.07. The first-order valence-electron chi connectivity index (χ1n) is 7.91. The Hall–Kier alpha value is -1.72. The van der Waals surface area contributed by atoms with Gasteiger partial charge in [0.15, 0.2) is 21.5 Å². The number of carbonyl (C=O) groups is 1. The van der Waals surface area contributed by atoms with Gasteiger partial charge in [0.1, 0.15) is 4.21 Å². The number of hydrogen-bond acceptors (Lipinski definition) is 4. The number of halogens is 6. The minimum absolute atomic E-state index is 0.126. The second-order valence-corrected chi connectivity index (χ2v) is 10.8. The zero-order valence-corrected chi connectivity index (χ0v) is 17.6. The van der Waals surface area contributed by atoms with E-state index >= 15 is 0 Å². The van der Waals surface area contributed by atoms with Crippen LogP contribution in [0.4, 0.5) is 27.6 Å². The number of aryl methyl sites for hydroxylation is 1. The van der Waals surface area contributed by atoms with Gasteiger partial charge in [0, 0.05) is 16.6 Å². The number of benzene rings is 1. The molecule has 0 bridgehead atoms. The lowest BCUT2D eigenvalue weighted by molar-refractivity contribution is -0.203. The molecule has 0 unspecified atom stereocenters. The molecule has 0 atom stereocenters. The van der Waals surface area contributed by atoms with E-state index in [1.165, 1.54) is 6.92 Å². The maximum atomic E-state index is 13.4. The highest BCUT2D eigenvalue weighted by Gasteiger charge is 2.50. The van der Waals surface area contributed by atoms with Gasteiger partial charge in [-0.15, -0.1) is 11.3 Å². The van der Waals surface area contributed by atoms with Gasteiger partial charge in [-0.3, -0.25) is 4.79 Å². The molecule has 1 heterocycles. The fourth-order valence-electron chi connectivity index (χ4n) is 2.29. The number of hydrogen-bond donors (Lipinski definition) is 1. The summed E-state index contributed by atoms with van der Waals surface area (Å²) in [6.07, 6.45) is -4.74. The molecular formula is C17H15ClF5NO3S2. The van der Waals surface area contributed by atoms with Crippen molar-refractivity contribution < 1.29 is 35.2 Å². The summed E-state index contributed by atoms with van der Waals surface area (Å²) in [5.74, 6) is -4.63. The van der Waals surface area contributed by atoms with Crippen LogP contribution in [0.25, 0.3) is 0 Å². The number of anilines is 1. The summed E-state index contributed by atoms with van der Waals surface area (Å²) in [6.45, 7) is 2.95. The maximum absolute atomic E-state index is 13.4. The van der Waals surface area contributed by atoms with E-state index in [0.717, 1.165) is 26.0 Å². The van der Waals surface area contributed by atoms with Gasteiger partial charge < -0.3 is 5.32 Å². The number of rotatable bonds is 5. The summed E-state index contributed by atoms with van der Waals surface area (Å²) < 4.78 is 90.2. The fourth-order valence-corrected chi connectivity index (χ4v) is 5.85. The Kier molecular flexibility index (Phi) is 6.37. The van der Waals surface area contributed by atoms with Gasteiger partial charge >= 0.3 is 6.18 Å². The lowest BCUT2D eigenvalue weighted by atomic mass is 9.96. The number of nitrogens with one attached hydrogen (secondary N) is 1. The predicted molar refractivity (Wildman–Crippen MR) is 100 cm³/mol. The molecular weight excluding hydrogens is 461 g/mol. The van der Waals surface area contributed by atoms with Crippen LogP contribution in [-0.4, -0.2) is 26.3 Å². The van der Waals surface area contributed by atoms with Crippen LogP contribution >= 0.6 is 22.9 Å². The lowest BCUT2D eigenvalue weighted by Gasteiger charge is -2.26. The van der Waals surface area contributed by atoms with E-state index in [4.69, 9.17) is 11.6 Å². The van der Waals surface area contributed by atoms with Crippen molar-refractivity contribution in [2.75, 3.05) is 11.1 Å². The summed E-state index contributed by atoms with van der Waals surface area (Å²) in [5.41, 5.74) is -2.79. The molecule has 160 valence electrons. The molecule has 0 saturated heterocycles.